The second-order valence-corrected chi connectivity index (χ2v) is 8.01. The van der Waals surface area contributed by atoms with Gasteiger partial charge in [0.25, 0.3) is 0 Å². The maximum atomic E-state index is 12.9. The maximum Gasteiger partial charge on any atom is 0.416 e. The normalized spacial score (nSPS) is 25.8. The second kappa shape index (κ2) is 7.68. The van der Waals surface area contributed by atoms with Gasteiger partial charge < -0.3 is 10.6 Å². The van der Waals surface area contributed by atoms with Crippen LogP contribution in [-0.2, 0) is 22.2 Å². The lowest BCUT2D eigenvalue weighted by Crippen LogP contribution is -2.55. The third kappa shape index (κ3) is 4.54. The van der Waals surface area contributed by atoms with Crippen LogP contribution in [0.4, 0.5) is 13.2 Å². The number of carbonyl (C=O) groups excluding carboxylic acids is 2. The van der Waals surface area contributed by atoms with Gasteiger partial charge in [0.2, 0.25) is 11.8 Å². The molecule has 2 atom stereocenters. The van der Waals surface area contributed by atoms with E-state index >= 15 is 0 Å². The van der Waals surface area contributed by atoms with Crippen molar-refractivity contribution in [1.29, 1.82) is 0 Å². The first kappa shape index (κ1) is 21.1. The van der Waals surface area contributed by atoms with E-state index in [0.717, 1.165) is 25.0 Å². The molecule has 158 valence electrons. The molecule has 1 fully saturated rings. The molecule has 0 aliphatic carbocycles. The van der Waals surface area contributed by atoms with E-state index in [1.807, 2.05) is 6.92 Å². The molecular weight excluding hydrogens is 385 g/mol. The van der Waals surface area contributed by atoms with Gasteiger partial charge >= 0.3 is 6.18 Å². The Morgan fingerprint density at radius 1 is 1.38 bits per heavy atom. The van der Waals surface area contributed by atoms with E-state index in [4.69, 9.17) is 5.73 Å². The zero-order valence-corrected chi connectivity index (χ0v) is 16.5. The Hall–Kier alpha value is -2.58. The van der Waals surface area contributed by atoms with E-state index in [-0.39, 0.29) is 36.5 Å². The summed E-state index contributed by atoms with van der Waals surface area (Å²) in [4.78, 5) is 32.5. The van der Waals surface area contributed by atoms with E-state index in [0.29, 0.717) is 18.7 Å². The first-order valence-electron chi connectivity index (χ1n) is 9.55. The van der Waals surface area contributed by atoms with Crippen LogP contribution in [-0.4, -0.2) is 53.2 Å². The first-order valence-corrected chi connectivity index (χ1v) is 9.55. The molecule has 2 aliphatic heterocycles. The van der Waals surface area contributed by atoms with Crippen molar-refractivity contribution in [3.8, 4) is 0 Å². The van der Waals surface area contributed by atoms with Crippen LogP contribution in [0.25, 0.3) is 0 Å². The molecule has 2 heterocycles. The quantitative estimate of drug-likeness (QED) is 0.831. The molecule has 0 aromatic heterocycles. The molecule has 1 saturated heterocycles. The smallest absolute Gasteiger partial charge is 0.369 e. The van der Waals surface area contributed by atoms with Crippen LogP contribution in [0.15, 0.2) is 29.3 Å². The molecule has 3 rings (SSSR count). The van der Waals surface area contributed by atoms with Crippen LogP contribution in [0.2, 0.25) is 0 Å². The lowest BCUT2D eigenvalue weighted by molar-refractivity contribution is -0.138. The minimum absolute atomic E-state index is 0.0436. The highest BCUT2D eigenvalue weighted by Crippen LogP contribution is 2.36. The van der Waals surface area contributed by atoms with Crippen molar-refractivity contribution >= 4 is 17.8 Å². The zero-order valence-electron chi connectivity index (χ0n) is 16.5. The molecule has 0 spiro atoms. The van der Waals surface area contributed by atoms with Crippen molar-refractivity contribution < 1.29 is 22.8 Å². The van der Waals surface area contributed by atoms with Crippen LogP contribution >= 0.6 is 0 Å². The molecular formula is C20H25F3N4O2. The molecule has 1 aromatic carbocycles. The Labute approximate surface area is 167 Å². The van der Waals surface area contributed by atoms with Crippen LogP contribution < -0.4 is 5.73 Å². The highest BCUT2D eigenvalue weighted by atomic mass is 19.4. The van der Waals surface area contributed by atoms with Crippen molar-refractivity contribution in [1.82, 2.24) is 9.80 Å². The Morgan fingerprint density at radius 3 is 2.76 bits per heavy atom. The van der Waals surface area contributed by atoms with Gasteiger partial charge in [0.1, 0.15) is 0 Å². The number of halogens is 3. The van der Waals surface area contributed by atoms with Gasteiger partial charge in [-0.05, 0) is 31.4 Å². The summed E-state index contributed by atoms with van der Waals surface area (Å²) in [6.07, 6.45) is -2.78. The summed E-state index contributed by atoms with van der Waals surface area (Å²) in [5, 5.41) is 0. The van der Waals surface area contributed by atoms with Crippen molar-refractivity contribution in [2.75, 3.05) is 20.1 Å². The van der Waals surface area contributed by atoms with Crippen LogP contribution in [0.1, 0.15) is 37.3 Å². The minimum Gasteiger partial charge on any atom is -0.369 e. The Balaban J connectivity index is 1.71. The fourth-order valence-corrected chi connectivity index (χ4v) is 4.02. The second-order valence-electron chi connectivity index (χ2n) is 8.01. The fraction of sp³-hybridized carbons (Fsp3) is 0.550. The molecule has 0 radical (unpaired) electrons. The largest absolute Gasteiger partial charge is 0.416 e. The van der Waals surface area contributed by atoms with Crippen molar-refractivity contribution in [2.24, 2.45) is 16.6 Å². The number of carbonyl (C=O) groups is 2. The predicted molar refractivity (Wildman–Crippen MR) is 102 cm³/mol. The molecule has 2 aliphatic rings. The average Bonchev–Trinajstić information content (AvgIpc) is 2.66. The van der Waals surface area contributed by atoms with Gasteiger partial charge in [-0.25, -0.2) is 4.99 Å². The van der Waals surface area contributed by atoms with Crippen molar-refractivity contribution in [2.45, 2.75) is 44.3 Å². The number of alkyl halides is 3. The molecule has 2 unspecified atom stereocenters. The molecule has 9 heteroatoms. The van der Waals surface area contributed by atoms with Crippen molar-refractivity contribution in [3.63, 3.8) is 0 Å². The highest BCUT2D eigenvalue weighted by Gasteiger charge is 2.43. The van der Waals surface area contributed by atoms with Gasteiger partial charge in [-0.2, -0.15) is 13.2 Å². The standard InChI is InChI=1S/C20H25F3N4O2/c1-19(11-17(29)26(2)18(24)25-19)15-7-4-8-27(12-15)16(28)10-13-5-3-6-14(9-13)20(21,22)23/h3,5-6,9,15H,4,7-8,10-12H2,1-2H3,(H2,24,25). The van der Waals surface area contributed by atoms with Gasteiger partial charge in [-0.1, -0.05) is 18.2 Å². The summed E-state index contributed by atoms with van der Waals surface area (Å²) >= 11 is 0. The van der Waals surface area contributed by atoms with E-state index in [1.165, 1.54) is 17.0 Å². The number of nitrogens with two attached hydrogens (primary N) is 1. The Morgan fingerprint density at radius 2 is 2.10 bits per heavy atom. The Kier molecular flexibility index (Phi) is 5.60. The van der Waals surface area contributed by atoms with E-state index in [1.54, 1.807) is 11.9 Å². The number of hydrogen-bond donors (Lipinski definition) is 1. The summed E-state index contributed by atoms with van der Waals surface area (Å²) in [6, 6.07) is 4.84. The molecule has 1 aromatic rings. The van der Waals surface area contributed by atoms with Crippen molar-refractivity contribution in [3.05, 3.63) is 35.4 Å². The SMILES string of the molecule is CN1C(=O)CC(C)(C2CCCN(C(=O)Cc3cccc(C(F)(F)F)c3)C2)N=C1N. The monoisotopic (exact) mass is 410 g/mol. The number of rotatable bonds is 3. The zero-order chi connectivity index (χ0) is 21.4. The summed E-state index contributed by atoms with van der Waals surface area (Å²) < 4.78 is 38.7. The van der Waals surface area contributed by atoms with Crippen LogP contribution in [0, 0.1) is 5.92 Å². The maximum absolute atomic E-state index is 12.9. The molecule has 6 nitrogen and oxygen atoms in total. The topological polar surface area (TPSA) is 79.0 Å². The summed E-state index contributed by atoms with van der Waals surface area (Å²) in [7, 11) is 1.58. The van der Waals surface area contributed by atoms with Gasteiger partial charge in [-0.15, -0.1) is 0 Å². The van der Waals surface area contributed by atoms with Crippen LogP contribution in [0.3, 0.4) is 0 Å². The van der Waals surface area contributed by atoms with Crippen LogP contribution in [0.5, 0.6) is 0 Å². The summed E-state index contributed by atoms with van der Waals surface area (Å²) in [6.45, 7) is 2.82. The van der Waals surface area contributed by atoms with E-state index < -0.39 is 17.3 Å². The number of likely N-dealkylation sites (tertiary alicyclic amines) is 1. The number of piperidine rings is 1. The minimum atomic E-state index is -4.44. The third-order valence-corrected chi connectivity index (χ3v) is 5.86. The average molecular weight is 410 g/mol. The Bertz CT molecular complexity index is 839. The molecule has 2 N–H and O–H groups in total. The number of aliphatic imine (C=N–C) groups is 1. The third-order valence-electron chi connectivity index (χ3n) is 5.86. The first-order chi connectivity index (χ1) is 13.5. The number of benzene rings is 1. The number of hydrogen-bond acceptors (Lipinski definition) is 4. The number of amides is 2. The summed E-state index contributed by atoms with van der Waals surface area (Å²) in [5.41, 5.74) is 4.75. The molecule has 29 heavy (non-hydrogen) atoms. The molecule has 2 amide bonds. The van der Waals surface area contributed by atoms with E-state index in [9.17, 15) is 22.8 Å². The molecule has 0 bridgehead atoms. The van der Waals surface area contributed by atoms with Gasteiger partial charge in [0.05, 0.1) is 23.9 Å². The lowest BCUT2D eigenvalue weighted by Gasteiger charge is -2.43. The number of guanidine groups is 1. The number of nitrogens with zero attached hydrogens (tertiary/aromatic N) is 3. The van der Waals surface area contributed by atoms with Gasteiger partial charge in [0.15, 0.2) is 5.96 Å². The summed E-state index contributed by atoms with van der Waals surface area (Å²) in [5.74, 6) is -0.227. The fourth-order valence-electron chi connectivity index (χ4n) is 4.02. The van der Waals surface area contributed by atoms with E-state index in [2.05, 4.69) is 4.99 Å². The highest BCUT2D eigenvalue weighted by molar-refractivity contribution is 5.98. The molecule has 0 saturated carbocycles. The lowest BCUT2D eigenvalue weighted by atomic mass is 9.77. The van der Waals surface area contributed by atoms with Gasteiger partial charge in [-0.3, -0.25) is 14.5 Å². The van der Waals surface area contributed by atoms with Gasteiger partial charge in [0, 0.05) is 26.1 Å². The predicted octanol–water partition coefficient (Wildman–Crippen LogP) is 2.42.